The van der Waals surface area contributed by atoms with Crippen molar-refractivity contribution in [3.63, 3.8) is 0 Å². The molecular weight excluding hydrogens is 436 g/mol. The first-order chi connectivity index (χ1) is 16.1. The summed E-state index contributed by atoms with van der Waals surface area (Å²) >= 11 is 5.27. The van der Waals surface area contributed by atoms with Crippen molar-refractivity contribution < 1.29 is 13.9 Å². The van der Waals surface area contributed by atoms with Gasteiger partial charge in [0, 0.05) is 41.1 Å². The number of carbonyl (C=O) groups excluding carboxylic acids is 1. The van der Waals surface area contributed by atoms with Crippen LogP contribution in [0.5, 0.6) is 5.75 Å². The molecule has 0 atom stereocenters. The summed E-state index contributed by atoms with van der Waals surface area (Å²) in [5.41, 5.74) is 2.09. The molecule has 0 aliphatic heterocycles. The molecule has 0 spiro atoms. The fraction of sp³-hybridized carbons (Fsp3) is 0.0400. The molecule has 0 aliphatic carbocycles. The van der Waals surface area contributed by atoms with Crippen molar-refractivity contribution in [2.45, 2.75) is 6.61 Å². The van der Waals surface area contributed by atoms with E-state index in [4.69, 9.17) is 21.4 Å². The van der Waals surface area contributed by atoms with Gasteiger partial charge in [0.2, 0.25) is 0 Å². The van der Waals surface area contributed by atoms with Crippen LogP contribution < -0.4 is 15.4 Å². The Balaban J connectivity index is 1.20. The van der Waals surface area contributed by atoms with Crippen molar-refractivity contribution in [3.05, 3.63) is 96.8 Å². The van der Waals surface area contributed by atoms with Gasteiger partial charge in [0.15, 0.2) is 10.9 Å². The molecule has 8 heteroatoms. The number of aromatic nitrogens is 2. The van der Waals surface area contributed by atoms with Crippen LogP contribution in [0.25, 0.3) is 21.7 Å². The number of pyridine rings is 2. The van der Waals surface area contributed by atoms with Crippen LogP contribution >= 0.6 is 12.2 Å². The van der Waals surface area contributed by atoms with Gasteiger partial charge in [-0.25, -0.2) is 0 Å². The lowest BCUT2D eigenvalue weighted by Gasteiger charge is -2.11. The van der Waals surface area contributed by atoms with Crippen LogP contribution in [0, 0.1) is 0 Å². The van der Waals surface area contributed by atoms with Crippen LogP contribution in [0.1, 0.15) is 16.2 Å². The number of amides is 1. The van der Waals surface area contributed by atoms with Crippen LogP contribution in [0.3, 0.4) is 0 Å². The van der Waals surface area contributed by atoms with Gasteiger partial charge in [-0.05, 0) is 47.9 Å². The monoisotopic (exact) mass is 454 g/mol. The molecule has 3 heterocycles. The molecular formula is C25H18N4O3S. The van der Waals surface area contributed by atoms with Crippen molar-refractivity contribution in [3.8, 4) is 5.75 Å². The molecule has 1 amide bonds. The molecule has 0 fully saturated rings. The molecule has 0 saturated carbocycles. The van der Waals surface area contributed by atoms with E-state index < -0.39 is 5.91 Å². The fourth-order valence-electron chi connectivity index (χ4n) is 3.35. The number of benzene rings is 2. The molecule has 0 aliphatic rings. The number of hydrogen-bond acceptors (Lipinski definition) is 6. The molecule has 0 radical (unpaired) electrons. The predicted molar refractivity (Wildman–Crippen MR) is 130 cm³/mol. The number of thiocarbonyl (C=S) groups is 1. The van der Waals surface area contributed by atoms with Gasteiger partial charge >= 0.3 is 0 Å². The number of nitrogens with zero attached hydrogens (tertiary/aromatic N) is 2. The second-order valence-corrected chi connectivity index (χ2v) is 7.68. The molecule has 0 bridgehead atoms. The Labute approximate surface area is 194 Å². The second kappa shape index (κ2) is 9.05. The summed E-state index contributed by atoms with van der Waals surface area (Å²) in [4.78, 5) is 20.9. The summed E-state index contributed by atoms with van der Waals surface area (Å²) in [6.07, 6.45) is 5.07. The minimum Gasteiger partial charge on any atom is -0.487 e. The molecule has 0 unspecified atom stereocenters. The third-order valence-corrected chi connectivity index (χ3v) is 5.14. The van der Waals surface area contributed by atoms with E-state index in [2.05, 4.69) is 20.6 Å². The van der Waals surface area contributed by atoms with Crippen molar-refractivity contribution in [2.24, 2.45) is 0 Å². The summed E-state index contributed by atoms with van der Waals surface area (Å²) < 4.78 is 11.4. The molecule has 162 valence electrons. The SMILES string of the molecule is O=C(NC(=S)Nc1cccc(OCc2cc3ccccc3cn2)c1)c1cc2cnccc2o1. The number of rotatable bonds is 5. The molecule has 33 heavy (non-hydrogen) atoms. The summed E-state index contributed by atoms with van der Waals surface area (Å²) in [5.74, 6) is 0.356. The summed E-state index contributed by atoms with van der Waals surface area (Å²) in [6, 6.07) is 20.7. The topological polar surface area (TPSA) is 89.3 Å². The maximum absolute atomic E-state index is 12.5. The fourth-order valence-corrected chi connectivity index (χ4v) is 3.56. The third-order valence-electron chi connectivity index (χ3n) is 4.93. The van der Waals surface area contributed by atoms with E-state index in [-0.39, 0.29) is 10.9 Å². The van der Waals surface area contributed by atoms with Gasteiger partial charge in [-0.15, -0.1) is 0 Å². The molecule has 2 N–H and O–H groups in total. The Kier molecular flexibility index (Phi) is 5.65. The van der Waals surface area contributed by atoms with Crippen LogP contribution in [0.4, 0.5) is 5.69 Å². The second-order valence-electron chi connectivity index (χ2n) is 7.27. The lowest BCUT2D eigenvalue weighted by Crippen LogP contribution is -2.33. The Morgan fingerprint density at radius 1 is 0.970 bits per heavy atom. The lowest BCUT2D eigenvalue weighted by molar-refractivity contribution is 0.0953. The highest BCUT2D eigenvalue weighted by molar-refractivity contribution is 7.80. The quantitative estimate of drug-likeness (QED) is 0.358. The molecule has 2 aromatic carbocycles. The zero-order valence-corrected chi connectivity index (χ0v) is 18.1. The van der Waals surface area contributed by atoms with E-state index in [0.29, 0.717) is 23.6 Å². The van der Waals surface area contributed by atoms with Crippen molar-refractivity contribution in [1.29, 1.82) is 0 Å². The van der Waals surface area contributed by atoms with Gasteiger partial charge < -0.3 is 14.5 Å². The maximum atomic E-state index is 12.5. The highest BCUT2D eigenvalue weighted by atomic mass is 32.1. The minimum absolute atomic E-state index is 0.145. The Bertz CT molecular complexity index is 1450. The number of ether oxygens (including phenoxy) is 1. The van der Waals surface area contributed by atoms with Gasteiger partial charge in [0.05, 0.1) is 5.69 Å². The van der Waals surface area contributed by atoms with E-state index >= 15 is 0 Å². The largest absolute Gasteiger partial charge is 0.487 e. The first kappa shape index (κ1) is 20.6. The Morgan fingerprint density at radius 2 is 1.85 bits per heavy atom. The minimum atomic E-state index is -0.446. The van der Waals surface area contributed by atoms with E-state index in [1.54, 1.807) is 30.6 Å². The summed E-state index contributed by atoms with van der Waals surface area (Å²) in [5, 5.41) is 8.69. The van der Waals surface area contributed by atoms with Gasteiger partial charge in [-0.2, -0.15) is 0 Å². The Morgan fingerprint density at radius 3 is 2.73 bits per heavy atom. The first-order valence-corrected chi connectivity index (χ1v) is 10.6. The number of furan rings is 1. The molecule has 5 aromatic rings. The van der Waals surface area contributed by atoms with Crippen LogP contribution in [0.15, 0.2) is 89.7 Å². The number of fused-ring (bicyclic) bond motifs is 2. The molecule has 5 rings (SSSR count). The average molecular weight is 455 g/mol. The Hall–Kier alpha value is -4.30. The number of nitrogens with one attached hydrogen (secondary N) is 2. The number of hydrogen-bond donors (Lipinski definition) is 2. The van der Waals surface area contributed by atoms with E-state index in [1.165, 1.54) is 0 Å². The van der Waals surface area contributed by atoms with Crippen molar-refractivity contribution in [2.75, 3.05) is 5.32 Å². The highest BCUT2D eigenvalue weighted by Crippen LogP contribution is 2.20. The standard InChI is InChI=1S/C25H18N4O3S/c30-24(23-11-18-13-26-9-8-22(18)32-23)29-25(33)28-19-6-3-7-21(12-19)31-15-20-10-16-4-1-2-5-17(16)14-27-20/h1-14H,15H2,(H2,28,29,30,33). The highest BCUT2D eigenvalue weighted by Gasteiger charge is 2.14. The van der Waals surface area contributed by atoms with Crippen molar-refractivity contribution in [1.82, 2.24) is 15.3 Å². The zero-order chi connectivity index (χ0) is 22.6. The normalized spacial score (nSPS) is 10.8. The smallest absolute Gasteiger partial charge is 0.293 e. The number of carbonyl (C=O) groups is 1. The van der Waals surface area contributed by atoms with Crippen molar-refractivity contribution >= 4 is 50.7 Å². The van der Waals surface area contributed by atoms with Gasteiger partial charge in [-0.1, -0.05) is 30.3 Å². The van der Waals surface area contributed by atoms with Gasteiger partial charge in [-0.3, -0.25) is 20.1 Å². The van der Waals surface area contributed by atoms with Gasteiger partial charge in [0.25, 0.3) is 5.91 Å². The molecule has 3 aromatic heterocycles. The molecule has 7 nitrogen and oxygen atoms in total. The van der Waals surface area contributed by atoms with Gasteiger partial charge in [0.1, 0.15) is 17.9 Å². The maximum Gasteiger partial charge on any atom is 0.293 e. The average Bonchev–Trinajstić information content (AvgIpc) is 3.27. The molecule has 0 saturated heterocycles. The number of anilines is 1. The van der Waals surface area contributed by atoms with Crippen LogP contribution in [-0.4, -0.2) is 21.0 Å². The van der Waals surface area contributed by atoms with E-state index in [1.807, 2.05) is 54.7 Å². The van der Waals surface area contributed by atoms with E-state index in [0.717, 1.165) is 21.9 Å². The van der Waals surface area contributed by atoms with Crippen LogP contribution in [-0.2, 0) is 6.61 Å². The summed E-state index contributed by atoms with van der Waals surface area (Å²) in [7, 11) is 0. The zero-order valence-electron chi connectivity index (χ0n) is 17.3. The van der Waals surface area contributed by atoms with E-state index in [9.17, 15) is 4.79 Å². The summed E-state index contributed by atoms with van der Waals surface area (Å²) in [6.45, 7) is 0.330. The van der Waals surface area contributed by atoms with Crippen LogP contribution in [0.2, 0.25) is 0 Å². The lowest BCUT2D eigenvalue weighted by atomic mass is 10.1. The predicted octanol–water partition coefficient (Wildman–Crippen LogP) is 5.08. The third kappa shape index (κ3) is 4.81. The first-order valence-electron chi connectivity index (χ1n) is 10.2.